The lowest BCUT2D eigenvalue weighted by Gasteiger charge is -2.27. The molecular weight excluding hydrogens is 308 g/mol. The number of unbranched alkanes of at least 4 members (excludes halogenated alkanes) is 3. The molecule has 1 aliphatic heterocycles. The van der Waals surface area contributed by atoms with E-state index in [1.807, 2.05) is 0 Å². The first kappa shape index (κ1) is 18.0. The van der Waals surface area contributed by atoms with E-state index in [2.05, 4.69) is 0 Å². The molecule has 1 atom stereocenters. The molecule has 0 radical (unpaired) electrons. The molecule has 0 spiro atoms. The van der Waals surface area contributed by atoms with E-state index in [1.54, 1.807) is 18.2 Å². The van der Waals surface area contributed by atoms with Gasteiger partial charge in [0.2, 0.25) is 0 Å². The number of carbonyl (C=O) groups is 2. The maximum atomic E-state index is 12.4. The average Bonchev–Trinajstić information content (AvgIpc) is 2.80. The molecule has 24 heavy (non-hydrogen) atoms. The van der Waals surface area contributed by atoms with Crippen LogP contribution >= 0.6 is 0 Å². The van der Waals surface area contributed by atoms with Crippen LogP contribution in [0.4, 0.5) is 0 Å². The van der Waals surface area contributed by atoms with E-state index in [-0.39, 0.29) is 17.1 Å². The van der Waals surface area contributed by atoms with Crippen molar-refractivity contribution in [3.63, 3.8) is 0 Å². The number of nitrogens with zero attached hydrogens (tertiary/aromatic N) is 1. The highest BCUT2D eigenvalue weighted by molar-refractivity contribution is 6.08. The number of benzene rings is 1. The van der Waals surface area contributed by atoms with Crippen molar-refractivity contribution in [3.05, 3.63) is 41.2 Å². The van der Waals surface area contributed by atoms with Gasteiger partial charge in [0.15, 0.2) is 11.5 Å². The maximum Gasteiger partial charge on any atom is 0.290 e. The lowest BCUT2D eigenvalue weighted by Crippen LogP contribution is -2.32. The SMILES string of the molecule is CC(=O)C1=C(O)C(=O)N(CCCCCCN)C1c1ccccc1O. The minimum atomic E-state index is -0.745. The van der Waals surface area contributed by atoms with Crippen molar-refractivity contribution in [1.29, 1.82) is 0 Å². The average molecular weight is 332 g/mol. The molecule has 0 bridgehead atoms. The predicted octanol–water partition coefficient (Wildman–Crippen LogP) is 2.20. The summed E-state index contributed by atoms with van der Waals surface area (Å²) >= 11 is 0. The van der Waals surface area contributed by atoms with Crippen molar-refractivity contribution in [2.75, 3.05) is 13.1 Å². The Labute approximate surface area is 141 Å². The number of nitrogens with two attached hydrogens (primary N) is 1. The Morgan fingerprint density at radius 1 is 1.17 bits per heavy atom. The van der Waals surface area contributed by atoms with E-state index in [4.69, 9.17) is 5.73 Å². The zero-order chi connectivity index (χ0) is 17.7. The fraction of sp³-hybridized carbons (Fsp3) is 0.444. The first-order valence-corrected chi connectivity index (χ1v) is 8.22. The molecule has 1 aromatic carbocycles. The summed E-state index contributed by atoms with van der Waals surface area (Å²) in [4.78, 5) is 25.8. The predicted molar refractivity (Wildman–Crippen MR) is 90.4 cm³/mol. The van der Waals surface area contributed by atoms with Gasteiger partial charge in [0, 0.05) is 12.1 Å². The second-order valence-corrected chi connectivity index (χ2v) is 5.98. The molecule has 0 aromatic heterocycles. The Bertz CT molecular complexity index is 654. The quantitative estimate of drug-likeness (QED) is 0.633. The van der Waals surface area contributed by atoms with Crippen LogP contribution in [-0.2, 0) is 9.59 Å². The molecule has 4 N–H and O–H groups in total. The topological polar surface area (TPSA) is 104 Å². The number of amides is 1. The molecule has 1 amide bonds. The summed E-state index contributed by atoms with van der Waals surface area (Å²) in [5.41, 5.74) is 5.96. The zero-order valence-corrected chi connectivity index (χ0v) is 13.9. The van der Waals surface area contributed by atoms with Gasteiger partial charge in [-0.2, -0.15) is 0 Å². The highest BCUT2D eigenvalue weighted by Gasteiger charge is 2.42. The van der Waals surface area contributed by atoms with E-state index >= 15 is 0 Å². The molecule has 0 saturated carbocycles. The first-order valence-electron chi connectivity index (χ1n) is 8.22. The molecule has 0 aliphatic carbocycles. The highest BCUT2D eigenvalue weighted by Crippen LogP contribution is 2.40. The van der Waals surface area contributed by atoms with Gasteiger partial charge >= 0.3 is 0 Å². The molecule has 6 nitrogen and oxygen atoms in total. The number of aliphatic hydroxyl groups excluding tert-OH is 1. The van der Waals surface area contributed by atoms with Crippen LogP contribution in [0.2, 0.25) is 0 Å². The lowest BCUT2D eigenvalue weighted by atomic mass is 9.96. The second-order valence-electron chi connectivity index (χ2n) is 5.98. The van der Waals surface area contributed by atoms with Crippen LogP contribution in [-0.4, -0.2) is 39.9 Å². The summed E-state index contributed by atoms with van der Waals surface area (Å²) in [6, 6.07) is 5.82. The third-order valence-electron chi connectivity index (χ3n) is 4.27. The summed E-state index contributed by atoms with van der Waals surface area (Å²) < 4.78 is 0. The van der Waals surface area contributed by atoms with Crippen LogP contribution in [0.5, 0.6) is 5.75 Å². The van der Waals surface area contributed by atoms with Crippen LogP contribution < -0.4 is 5.73 Å². The second kappa shape index (κ2) is 7.97. The number of hydrogen-bond donors (Lipinski definition) is 3. The fourth-order valence-electron chi connectivity index (χ4n) is 3.07. The molecule has 1 unspecified atom stereocenters. The highest BCUT2D eigenvalue weighted by atomic mass is 16.3. The monoisotopic (exact) mass is 332 g/mol. The van der Waals surface area contributed by atoms with Crippen molar-refractivity contribution < 1.29 is 19.8 Å². The van der Waals surface area contributed by atoms with Crippen molar-refractivity contribution in [3.8, 4) is 5.75 Å². The number of aliphatic hydroxyl groups is 1. The molecule has 2 rings (SSSR count). The van der Waals surface area contributed by atoms with Crippen molar-refractivity contribution >= 4 is 11.7 Å². The largest absolute Gasteiger partial charge is 0.508 e. The van der Waals surface area contributed by atoms with Crippen LogP contribution in [0.15, 0.2) is 35.6 Å². The third kappa shape index (κ3) is 3.59. The van der Waals surface area contributed by atoms with E-state index in [9.17, 15) is 19.8 Å². The number of carbonyl (C=O) groups excluding carboxylic acids is 2. The Morgan fingerprint density at radius 3 is 2.46 bits per heavy atom. The van der Waals surface area contributed by atoms with Gasteiger partial charge in [-0.25, -0.2) is 0 Å². The van der Waals surface area contributed by atoms with E-state index in [1.165, 1.54) is 17.9 Å². The lowest BCUT2D eigenvalue weighted by molar-refractivity contribution is -0.129. The van der Waals surface area contributed by atoms with Gasteiger partial charge in [-0.1, -0.05) is 31.0 Å². The Hall–Kier alpha value is -2.34. The third-order valence-corrected chi connectivity index (χ3v) is 4.27. The van der Waals surface area contributed by atoms with Gasteiger partial charge < -0.3 is 20.8 Å². The Kier molecular flexibility index (Phi) is 5.98. The van der Waals surface area contributed by atoms with Gasteiger partial charge in [0.1, 0.15) is 5.75 Å². The smallest absolute Gasteiger partial charge is 0.290 e. The van der Waals surface area contributed by atoms with Gasteiger partial charge in [-0.3, -0.25) is 9.59 Å². The van der Waals surface area contributed by atoms with Gasteiger partial charge in [0.25, 0.3) is 5.91 Å². The number of rotatable bonds is 8. The minimum Gasteiger partial charge on any atom is -0.508 e. The van der Waals surface area contributed by atoms with E-state index in [0.29, 0.717) is 18.7 Å². The zero-order valence-electron chi connectivity index (χ0n) is 13.9. The van der Waals surface area contributed by atoms with E-state index in [0.717, 1.165) is 25.7 Å². The minimum absolute atomic E-state index is 0.00289. The Morgan fingerprint density at radius 2 is 1.83 bits per heavy atom. The molecule has 1 aliphatic rings. The van der Waals surface area contributed by atoms with Gasteiger partial charge in [-0.15, -0.1) is 0 Å². The summed E-state index contributed by atoms with van der Waals surface area (Å²) in [6.07, 6.45) is 3.55. The number of hydrogen-bond acceptors (Lipinski definition) is 5. The normalized spacial score (nSPS) is 17.7. The number of aromatic hydroxyl groups is 1. The number of phenolic OH excluding ortho intramolecular Hbond substituents is 1. The standard InChI is InChI=1S/C18H24N2O4/c1-12(21)15-16(13-8-4-5-9-14(13)22)20(18(24)17(15)23)11-7-3-2-6-10-19/h4-5,8-9,16,22-23H,2-3,6-7,10-11,19H2,1H3. The summed E-state index contributed by atoms with van der Waals surface area (Å²) in [6.45, 7) is 2.36. The molecule has 130 valence electrons. The first-order chi connectivity index (χ1) is 11.5. The Balaban J connectivity index is 2.27. The van der Waals surface area contributed by atoms with Crippen molar-refractivity contribution in [1.82, 2.24) is 4.90 Å². The number of para-hydroxylation sites is 1. The molecule has 1 heterocycles. The summed E-state index contributed by atoms with van der Waals surface area (Å²) in [5.74, 6) is -1.46. The summed E-state index contributed by atoms with van der Waals surface area (Å²) in [7, 11) is 0. The van der Waals surface area contributed by atoms with Crippen LogP contribution in [0.3, 0.4) is 0 Å². The maximum absolute atomic E-state index is 12.4. The summed E-state index contributed by atoms with van der Waals surface area (Å²) in [5, 5.41) is 20.3. The van der Waals surface area contributed by atoms with E-state index < -0.39 is 17.7 Å². The van der Waals surface area contributed by atoms with Crippen LogP contribution in [0, 0.1) is 0 Å². The number of ketones is 1. The molecule has 0 fully saturated rings. The molecular formula is C18H24N2O4. The van der Waals surface area contributed by atoms with Crippen molar-refractivity contribution in [2.45, 2.75) is 38.6 Å². The van der Waals surface area contributed by atoms with Gasteiger partial charge in [0.05, 0.1) is 11.6 Å². The molecule has 0 saturated heterocycles. The number of Topliss-reactive ketones (excluding diaryl/α,β-unsaturated/α-hetero) is 1. The van der Waals surface area contributed by atoms with Crippen molar-refractivity contribution in [2.24, 2.45) is 5.73 Å². The molecule has 1 aromatic rings. The van der Waals surface area contributed by atoms with Crippen LogP contribution in [0.25, 0.3) is 0 Å². The molecule has 6 heteroatoms. The fourth-order valence-corrected chi connectivity index (χ4v) is 3.07. The number of phenols is 1. The van der Waals surface area contributed by atoms with Crippen LogP contribution in [0.1, 0.15) is 44.2 Å². The van der Waals surface area contributed by atoms with Gasteiger partial charge in [-0.05, 0) is 32.4 Å².